The molecule has 0 bridgehead atoms. The first-order valence-corrected chi connectivity index (χ1v) is 9.88. The van der Waals surface area contributed by atoms with Crippen molar-refractivity contribution in [3.8, 4) is 0 Å². The zero-order valence-electron chi connectivity index (χ0n) is 16.3. The number of ether oxygens (including phenoxy) is 1. The molecule has 1 aliphatic rings. The summed E-state index contributed by atoms with van der Waals surface area (Å²) in [6.07, 6.45) is -0.662. The molecule has 0 aromatic heterocycles. The molecule has 6 heteroatoms. The van der Waals surface area contributed by atoms with Crippen molar-refractivity contribution < 1.29 is 18.7 Å². The van der Waals surface area contributed by atoms with Crippen LogP contribution in [0.3, 0.4) is 0 Å². The van der Waals surface area contributed by atoms with Crippen LogP contribution in [0.5, 0.6) is 0 Å². The summed E-state index contributed by atoms with van der Waals surface area (Å²) in [5, 5.41) is 0. The van der Waals surface area contributed by atoms with Crippen LogP contribution in [-0.2, 0) is 14.9 Å². The Bertz CT molecular complexity index is 889. The van der Waals surface area contributed by atoms with Crippen molar-refractivity contribution in [3.05, 3.63) is 69.9 Å². The zero-order valence-corrected chi connectivity index (χ0v) is 17.9. The highest BCUT2D eigenvalue weighted by molar-refractivity contribution is 9.10. The van der Waals surface area contributed by atoms with Crippen molar-refractivity contribution >= 4 is 27.9 Å². The van der Waals surface area contributed by atoms with Gasteiger partial charge in [0, 0.05) is 16.9 Å². The first kappa shape index (κ1) is 20.5. The van der Waals surface area contributed by atoms with Crippen molar-refractivity contribution in [2.45, 2.75) is 44.6 Å². The Hall–Kier alpha value is -2.21. The molecule has 1 saturated heterocycles. The third-order valence-corrected chi connectivity index (χ3v) is 5.61. The average molecular weight is 448 g/mol. The Morgan fingerprint density at radius 1 is 1.14 bits per heavy atom. The van der Waals surface area contributed by atoms with Crippen LogP contribution < -0.4 is 0 Å². The van der Waals surface area contributed by atoms with E-state index in [1.54, 1.807) is 39.8 Å². The second-order valence-corrected chi connectivity index (χ2v) is 9.13. The predicted molar refractivity (Wildman–Crippen MR) is 109 cm³/mol. The molecule has 0 radical (unpaired) electrons. The van der Waals surface area contributed by atoms with Gasteiger partial charge >= 0.3 is 6.09 Å². The van der Waals surface area contributed by atoms with Crippen molar-refractivity contribution in [2.24, 2.45) is 0 Å². The molecular weight excluding hydrogens is 425 g/mol. The van der Waals surface area contributed by atoms with Crippen molar-refractivity contribution in [2.75, 3.05) is 6.54 Å². The molecular formula is C22H23BrFNO3. The maximum atomic E-state index is 13.5. The molecule has 0 saturated carbocycles. The van der Waals surface area contributed by atoms with Gasteiger partial charge in [-0.2, -0.15) is 0 Å². The molecule has 3 rings (SSSR count). The summed E-state index contributed by atoms with van der Waals surface area (Å²) in [5.41, 5.74) is -0.134. The monoisotopic (exact) mass is 447 g/mol. The molecule has 2 aromatic rings. The highest BCUT2D eigenvalue weighted by Gasteiger charge is 2.54. The van der Waals surface area contributed by atoms with Crippen molar-refractivity contribution in [1.29, 1.82) is 0 Å². The third kappa shape index (κ3) is 3.83. The number of likely N-dealkylation sites (tertiary alicyclic amines) is 1. The minimum Gasteiger partial charge on any atom is -0.443 e. The molecule has 1 fully saturated rings. The molecule has 1 aliphatic heterocycles. The minimum absolute atomic E-state index is 0.198. The third-order valence-electron chi connectivity index (χ3n) is 5.08. The van der Waals surface area contributed by atoms with Crippen LogP contribution in [0, 0.1) is 5.82 Å². The Labute approximate surface area is 172 Å². The van der Waals surface area contributed by atoms with E-state index in [-0.39, 0.29) is 24.2 Å². The van der Waals surface area contributed by atoms with E-state index in [0.29, 0.717) is 5.56 Å². The minimum atomic E-state index is -1.02. The number of hydrogen-bond donors (Lipinski definition) is 0. The first-order chi connectivity index (χ1) is 13.0. The summed E-state index contributed by atoms with van der Waals surface area (Å²) in [5.74, 6) is -1.01. The van der Waals surface area contributed by atoms with Crippen molar-refractivity contribution in [1.82, 2.24) is 4.90 Å². The van der Waals surface area contributed by atoms with E-state index in [1.807, 2.05) is 24.3 Å². The zero-order chi connectivity index (χ0) is 20.7. The molecule has 148 valence electrons. The molecule has 1 heterocycles. The predicted octanol–water partition coefficient (Wildman–Crippen LogP) is 5.41. The van der Waals surface area contributed by atoms with Gasteiger partial charge in [0.15, 0.2) is 0 Å². The molecule has 2 atom stereocenters. The number of rotatable bonds is 2. The van der Waals surface area contributed by atoms with Crippen LogP contribution in [0.15, 0.2) is 53.0 Å². The number of halogens is 2. The number of imide groups is 1. The molecule has 0 unspecified atom stereocenters. The Balaban J connectivity index is 2.06. The lowest BCUT2D eigenvalue weighted by Crippen LogP contribution is -2.42. The molecule has 4 nitrogen and oxygen atoms in total. The number of nitrogens with zero attached hydrogens (tertiary/aromatic N) is 1. The molecule has 0 aliphatic carbocycles. The van der Waals surface area contributed by atoms with Gasteiger partial charge in [0.1, 0.15) is 11.4 Å². The van der Waals surface area contributed by atoms with Gasteiger partial charge in [0.05, 0.1) is 5.41 Å². The summed E-state index contributed by atoms with van der Waals surface area (Å²) in [7, 11) is 0. The lowest BCUT2D eigenvalue weighted by Gasteiger charge is -2.29. The fourth-order valence-corrected chi connectivity index (χ4v) is 3.87. The Morgan fingerprint density at radius 2 is 1.71 bits per heavy atom. The molecule has 28 heavy (non-hydrogen) atoms. The highest BCUT2D eigenvalue weighted by Crippen LogP contribution is 2.46. The summed E-state index contributed by atoms with van der Waals surface area (Å²) in [6, 6.07) is 13.6. The molecule has 2 amide bonds. The van der Waals surface area contributed by atoms with Gasteiger partial charge in [-0.1, -0.05) is 40.2 Å². The van der Waals surface area contributed by atoms with Crippen LogP contribution in [0.25, 0.3) is 0 Å². The Kier molecular flexibility index (Phi) is 5.36. The molecule has 2 aromatic carbocycles. The van der Waals surface area contributed by atoms with E-state index in [0.717, 1.165) is 10.0 Å². The van der Waals surface area contributed by atoms with Gasteiger partial charge in [-0.05, 0) is 63.1 Å². The second kappa shape index (κ2) is 7.32. The normalized spacial score (nSPS) is 22.4. The largest absolute Gasteiger partial charge is 0.443 e. The van der Waals surface area contributed by atoms with E-state index in [9.17, 15) is 14.0 Å². The number of hydrogen-bond acceptors (Lipinski definition) is 3. The first-order valence-electron chi connectivity index (χ1n) is 9.09. The quantitative estimate of drug-likeness (QED) is 0.618. The van der Waals surface area contributed by atoms with Gasteiger partial charge in [0.2, 0.25) is 5.91 Å². The van der Waals surface area contributed by atoms with Gasteiger partial charge < -0.3 is 4.74 Å². The second-order valence-electron chi connectivity index (χ2n) is 8.21. The fraction of sp³-hybridized carbons (Fsp3) is 0.364. The van der Waals surface area contributed by atoms with E-state index in [1.165, 1.54) is 17.0 Å². The summed E-state index contributed by atoms with van der Waals surface area (Å²) in [4.78, 5) is 27.3. The molecule has 0 N–H and O–H groups in total. The van der Waals surface area contributed by atoms with Crippen LogP contribution in [-0.4, -0.2) is 29.0 Å². The number of carbonyl (C=O) groups is 2. The van der Waals surface area contributed by atoms with Gasteiger partial charge in [-0.25, -0.2) is 14.1 Å². The van der Waals surface area contributed by atoms with E-state index in [2.05, 4.69) is 15.9 Å². The maximum Gasteiger partial charge on any atom is 0.417 e. The smallest absolute Gasteiger partial charge is 0.417 e. The lowest BCUT2D eigenvalue weighted by molar-refractivity contribution is -0.131. The van der Waals surface area contributed by atoms with Gasteiger partial charge in [0.25, 0.3) is 0 Å². The van der Waals surface area contributed by atoms with E-state index >= 15 is 0 Å². The number of amides is 2. The lowest BCUT2D eigenvalue weighted by atomic mass is 9.71. The standard InChI is InChI=1S/C22H23BrFNO3/c1-21(2,3)28-20(27)25-13-18(14-5-9-16(23)10-6-14)22(4,19(25)26)15-7-11-17(24)12-8-15/h5-12,18H,13H2,1-4H3/t18-,22+/m0/s1. The topological polar surface area (TPSA) is 46.6 Å². The number of benzene rings is 2. The van der Waals surface area contributed by atoms with Gasteiger partial charge in [-0.15, -0.1) is 0 Å². The van der Waals surface area contributed by atoms with Crippen LogP contribution in [0.4, 0.5) is 9.18 Å². The SMILES string of the molecule is CC(C)(C)OC(=O)N1C[C@@H](c2ccc(Br)cc2)[C@@](C)(c2ccc(F)cc2)C1=O. The maximum absolute atomic E-state index is 13.5. The molecule has 0 spiro atoms. The van der Waals surface area contributed by atoms with Crippen LogP contribution >= 0.6 is 15.9 Å². The summed E-state index contributed by atoms with van der Waals surface area (Å²) >= 11 is 3.42. The Morgan fingerprint density at radius 3 is 2.25 bits per heavy atom. The van der Waals surface area contributed by atoms with Crippen molar-refractivity contribution in [3.63, 3.8) is 0 Å². The van der Waals surface area contributed by atoms with Crippen LogP contribution in [0.1, 0.15) is 44.7 Å². The highest BCUT2D eigenvalue weighted by atomic mass is 79.9. The summed E-state index contributed by atoms with van der Waals surface area (Å²) in [6.45, 7) is 7.29. The average Bonchev–Trinajstić information content (AvgIpc) is 2.88. The van der Waals surface area contributed by atoms with Gasteiger partial charge in [-0.3, -0.25) is 4.79 Å². The van der Waals surface area contributed by atoms with Crippen LogP contribution in [0.2, 0.25) is 0 Å². The number of carbonyl (C=O) groups excluding carboxylic acids is 2. The van der Waals surface area contributed by atoms with E-state index in [4.69, 9.17) is 4.74 Å². The van der Waals surface area contributed by atoms with E-state index < -0.39 is 17.1 Å². The fourth-order valence-electron chi connectivity index (χ4n) is 3.61. The summed E-state index contributed by atoms with van der Waals surface area (Å²) < 4.78 is 19.8.